The average molecular weight is 268 g/mol. The average Bonchev–Trinajstić information content (AvgIpc) is 2.80. The SMILES string of the molecule is CCC(NCC1(O)CCCCCC1)c1nccs1. The zero-order valence-corrected chi connectivity index (χ0v) is 12.0. The molecule has 0 spiro atoms. The Hall–Kier alpha value is -0.450. The molecule has 0 radical (unpaired) electrons. The molecule has 0 aromatic carbocycles. The summed E-state index contributed by atoms with van der Waals surface area (Å²) in [6.07, 6.45) is 9.60. The Balaban J connectivity index is 1.88. The molecule has 4 heteroatoms. The van der Waals surface area contributed by atoms with Crippen LogP contribution in [0.3, 0.4) is 0 Å². The molecule has 1 aliphatic rings. The third kappa shape index (κ3) is 3.77. The predicted octanol–water partition coefficient (Wildman–Crippen LogP) is 3.27. The number of aromatic nitrogens is 1. The summed E-state index contributed by atoms with van der Waals surface area (Å²) in [7, 11) is 0. The van der Waals surface area contributed by atoms with Crippen LogP contribution in [-0.2, 0) is 0 Å². The first kappa shape index (κ1) is 14.0. The Morgan fingerprint density at radius 3 is 2.67 bits per heavy atom. The molecule has 1 aromatic rings. The van der Waals surface area contributed by atoms with E-state index in [1.54, 1.807) is 11.3 Å². The van der Waals surface area contributed by atoms with Gasteiger partial charge in [-0.05, 0) is 19.3 Å². The lowest BCUT2D eigenvalue weighted by Crippen LogP contribution is -2.41. The number of thiazole rings is 1. The number of hydrogen-bond donors (Lipinski definition) is 2. The van der Waals surface area contributed by atoms with Gasteiger partial charge in [-0.25, -0.2) is 4.98 Å². The third-order valence-corrected chi connectivity index (χ3v) is 4.76. The second-order valence-corrected chi connectivity index (χ2v) is 6.28. The van der Waals surface area contributed by atoms with E-state index < -0.39 is 5.60 Å². The highest BCUT2D eigenvalue weighted by Crippen LogP contribution is 2.27. The maximum atomic E-state index is 10.6. The zero-order valence-electron chi connectivity index (χ0n) is 11.2. The van der Waals surface area contributed by atoms with Gasteiger partial charge in [0.05, 0.1) is 11.6 Å². The van der Waals surface area contributed by atoms with Gasteiger partial charge in [0, 0.05) is 18.1 Å². The minimum absolute atomic E-state index is 0.289. The molecule has 1 heterocycles. The van der Waals surface area contributed by atoms with Crippen LogP contribution in [0.2, 0.25) is 0 Å². The molecular weight excluding hydrogens is 244 g/mol. The van der Waals surface area contributed by atoms with E-state index >= 15 is 0 Å². The molecule has 1 unspecified atom stereocenters. The summed E-state index contributed by atoms with van der Waals surface area (Å²) in [6, 6.07) is 0.289. The van der Waals surface area contributed by atoms with Gasteiger partial charge >= 0.3 is 0 Å². The van der Waals surface area contributed by atoms with Crippen LogP contribution in [0.1, 0.15) is 62.9 Å². The van der Waals surface area contributed by atoms with Crippen molar-refractivity contribution >= 4 is 11.3 Å². The van der Waals surface area contributed by atoms with Gasteiger partial charge in [0.2, 0.25) is 0 Å². The zero-order chi connectivity index (χ0) is 12.8. The first-order valence-corrected chi connectivity index (χ1v) is 7.97. The molecule has 0 saturated heterocycles. The van der Waals surface area contributed by atoms with Crippen LogP contribution in [0.25, 0.3) is 0 Å². The molecule has 18 heavy (non-hydrogen) atoms. The third-order valence-electron chi connectivity index (χ3n) is 3.87. The number of nitrogens with zero attached hydrogens (tertiary/aromatic N) is 1. The van der Waals surface area contributed by atoms with E-state index in [0.29, 0.717) is 6.54 Å². The number of hydrogen-bond acceptors (Lipinski definition) is 4. The van der Waals surface area contributed by atoms with Gasteiger partial charge < -0.3 is 10.4 Å². The Morgan fingerprint density at radius 2 is 2.11 bits per heavy atom. The smallest absolute Gasteiger partial charge is 0.109 e. The summed E-state index contributed by atoms with van der Waals surface area (Å²) in [6.45, 7) is 2.86. The minimum Gasteiger partial charge on any atom is -0.389 e. The maximum Gasteiger partial charge on any atom is 0.109 e. The van der Waals surface area contributed by atoms with Gasteiger partial charge in [-0.15, -0.1) is 11.3 Å². The van der Waals surface area contributed by atoms with Crippen molar-refractivity contribution in [2.75, 3.05) is 6.54 Å². The monoisotopic (exact) mass is 268 g/mol. The molecule has 0 bridgehead atoms. The van der Waals surface area contributed by atoms with E-state index in [1.807, 2.05) is 11.6 Å². The van der Waals surface area contributed by atoms with Gasteiger partial charge in [0.15, 0.2) is 0 Å². The van der Waals surface area contributed by atoms with E-state index in [-0.39, 0.29) is 6.04 Å². The van der Waals surface area contributed by atoms with Gasteiger partial charge in [-0.3, -0.25) is 0 Å². The summed E-state index contributed by atoms with van der Waals surface area (Å²) in [5, 5.41) is 17.3. The Kier molecular flexibility index (Phi) is 5.15. The highest BCUT2D eigenvalue weighted by Gasteiger charge is 2.28. The van der Waals surface area contributed by atoms with Crippen LogP contribution in [0.4, 0.5) is 0 Å². The van der Waals surface area contributed by atoms with Crippen molar-refractivity contribution in [1.82, 2.24) is 10.3 Å². The van der Waals surface area contributed by atoms with Crippen molar-refractivity contribution in [3.05, 3.63) is 16.6 Å². The molecule has 1 aliphatic carbocycles. The van der Waals surface area contributed by atoms with Crippen LogP contribution >= 0.6 is 11.3 Å². The summed E-state index contributed by atoms with van der Waals surface area (Å²) >= 11 is 1.69. The van der Waals surface area contributed by atoms with Gasteiger partial charge in [-0.2, -0.15) is 0 Å². The summed E-state index contributed by atoms with van der Waals surface area (Å²) in [5.74, 6) is 0. The van der Waals surface area contributed by atoms with Gasteiger partial charge in [-0.1, -0.05) is 32.6 Å². The van der Waals surface area contributed by atoms with Crippen LogP contribution < -0.4 is 5.32 Å². The standard InChI is InChI=1S/C14H24N2OS/c1-2-12(13-15-9-10-18-13)16-11-14(17)7-5-3-4-6-8-14/h9-10,12,16-17H,2-8,11H2,1H3. The molecule has 2 N–H and O–H groups in total. The summed E-state index contributed by atoms with van der Waals surface area (Å²) in [5.41, 5.74) is -0.499. The lowest BCUT2D eigenvalue weighted by atomic mass is 9.94. The first-order valence-electron chi connectivity index (χ1n) is 7.09. The van der Waals surface area contributed by atoms with Crippen molar-refractivity contribution < 1.29 is 5.11 Å². The van der Waals surface area contributed by atoms with Crippen molar-refractivity contribution in [2.45, 2.75) is 63.5 Å². The van der Waals surface area contributed by atoms with E-state index in [2.05, 4.69) is 17.2 Å². The molecule has 1 fully saturated rings. The highest BCUT2D eigenvalue weighted by molar-refractivity contribution is 7.09. The van der Waals surface area contributed by atoms with Crippen molar-refractivity contribution in [3.63, 3.8) is 0 Å². The van der Waals surface area contributed by atoms with Crippen molar-refractivity contribution in [3.8, 4) is 0 Å². The molecule has 1 atom stereocenters. The van der Waals surface area contributed by atoms with Crippen LogP contribution in [0, 0.1) is 0 Å². The normalized spacial score (nSPS) is 21.4. The summed E-state index contributed by atoms with van der Waals surface area (Å²) in [4.78, 5) is 4.37. The highest BCUT2D eigenvalue weighted by atomic mass is 32.1. The molecule has 0 amide bonds. The summed E-state index contributed by atoms with van der Waals surface area (Å²) < 4.78 is 0. The molecule has 2 rings (SSSR count). The molecule has 3 nitrogen and oxygen atoms in total. The fraction of sp³-hybridized carbons (Fsp3) is 0.786. The van der Waals surface area contributed by atoms with E-state index in [9.17, 15) is 5.11 Å². The van der Waals surface area contributed by atoms with Crippen molar-refractivity contribution in [1.29, 1.82) is 0 Å². The van der Waals surface area contributed by atoms with Gasteiger partial charge in [0.1, 0.15) is 5.01 Å². The fourth-order valence-corrected chi connectivity index (χ4v) is 3.49. The number of rotatable bonds is 5. The van der Waals surface area contributed by atoms with Crippen LogP contribution in [0.15, 0.2) is 11.6 Å². The minimum atomic E-state index is -0.499. The van der Waals surface area contributed by atoms with E-state index in [4.69, 9.17) is 0 Å². The molecule has 1 saturated carbocycles. The van der Waals surface area contributed by atoms with Crippen molar-refractivity contribution in [2.24, 2.45) is 0 Å². The lowest BCUT2D eigenvalue weighted by molar-refractivity contribution is 0.0225. The van der Waals surface area contributed by atoms with E-state index in [1.165, 1.54) is 12.8 Å². The van der Waals surface area contributed by atoms with E-state index in [0.717, 1.165) is 37.1 Å². The predicted molar refractivity (Wildman–Crippen MR) is 75.8 cm³/mol. The fourth-order valence-electron chi connectivity index (χ4n) is 2.69. The Bertz CT molecular complexity index is 332. The molecule has 1 aromatic heterocycles. The van der Waals surface area contributed by atoms with Gasteiger partial charge in [0.25, 0.3) is 0 Å². The quantitative estimate of drug-likeness (QED) is 0.806. The van der Waals surface area contributed by atoms with Crippen LogP contribution in [-0.4, -0.2) is 22.2 Å². The van der Waals surface area contributed by atoms with Crippen LogP contribution in [0.5, 0.6) is 0 Å². The number of nitrogens with one attached hydrogen (secondary N) is 1. The Morgan fingerprint density at radius 1 is 1.39 bits per heavy atom. The first-order chi connectivity index (χ1) is 8.73. The largest absolute Gasteiger partial charge is 0.389 e. The second kappa shape index (κ2) is 6.64. The Labute approximate surface area is 114 Å². The molecule has 0 aliphatic heterocycles. The molecular formula is C14H24N2OS. The maximum absolute atomic E-state index is 10.6. The second-order valence-electron chi connectivity index (χ2n) is 5.35. The number of aliphatic hydroxyl groups is 1. The lowest BCUT2D eigenvalue weighted by Gasteiger charge is -2.29. The topological polar surface area (TPSA) is 45.1 Å². The molecule has 102 valence electrons.